The second kappa shape index (κ2) is 5.85. The lowest BCUT2D eigenvalue weighted by Gasteiger charge is -2.12. The first-order valence-electron chi connectivity index (χ1n) is 6.78. The Morgan fingerprint density at radius 2 is 1.78 bits per heavy atom. The molecule has 3 rings (SSSR count). The number of halogens is 3. The number of anilines is 2. The van der Waals surface area contributed by atoms with E-state index in [1.165, 1.54) is 6.07 Å². The highest BCUT2D eigenvalue weighted by atomic mass is 19.4. The lowest BCUT2D eigenvalue weighted by Crippen LogP contribution is -2.12. The highest BCUT2D eigenvalue weighted by Gasteiger charge is 2.35. The van der Waals surface area contributed by atoms with Crippen LogP contribution in [0.2, 0.25) is 0 Å². The number of rotatable bonds is 3. The molecule has 118 valence electrons. The van der Waals surface area contributed by atoms with Gasteiger partial charge in [-0.15, -0.1) is 0 Å². The number of alkyl halides is 3. The van der Waals surface area contributed by atoms with Crippen molar-refractivity contribution >= 4 is 22.4 Å². The van der Waals surface area contributed by atoms with Crippen LogP contribution in [0.5, 0.6) is 0 Å². The Morgan fingerprint density at radius 1 is 1.00 bits per heavy atom. The van der Waals surface area contributed by atoms with Crippen molar-refractivity contribution in [2.45, 2.75) is 12.8 Å². The zero-order chi connectivity index (χ0) is 16.4. The summed E-state index contributed by atoms with van der Waals surface area (Å²) in [6.45, 7) is -0.159. The van der Waals surface area contributed by atoms with Crippen LogP contribution in [-0.2, 0) is 12.8 Å². The van der Waals surface area contributed by atoms with Crippen LogP contribution in [0.1, 0.15) is 11.4 Å². The summed E-state index contributed by atoms with van der Waals surface area (Å²) < 4.78 is 38.9. The zero-order valence-corrected chi connectivity index (χ0v) is 11.8. The van der Waals surface area contributed by atoms with Crippen LogP contribution in [0, 0.1) is 0 Å². The zero-order valence-electron chi connectivity index (χ0n) is 11.8. The van der Waals surface area contributed by atoms with Gasteiger partial charge in [0.25, 0.3) is 0 Å². The third-order valence-corrected chi connectivity index (χ3v) is 3.23. The smallest absolute Gasteiger partial charge is 0.392 e. The number of aliphatic hydroxyl groups is 1. The molecule has 2 aromatic carbocycles. The summed E-state index contributed by atoms with van der Waals surface area (Å²) in [5.41, 5.74) is 1.38. The van der Waals surface area contributed by atoms with Crippen molar-refractivity contribution in [3.63, 3.8) is 0 Å². The molecule has 0 saturated carbocycles. The first kappa shape index (κ1) is 15.2. The highest BCUT2D eigenvalue weighted by Crippen LogP contribution is 2.31. The number of hydrogen-bond donors (Lipinski definition) is 2. The van der Waals surface area contributed by atoms with Gasteiger partial charge in [0.05, 0.1) is 12.1 Å². The van der Waals surface area contributed by atoms with Crippen LogP contribution < -0.4 is 5.32 Å². The van der Waals surface area contributed by atoms with Crippen LogP contribution in [0.15, 0.2) is 48.5 Å². The number of fused-ring (bicyclic) bond motifs is 1. The molecule has 1 heterocycles. The normalized spacial score (nSPS) is 11.7. The summed E-state index contributed by atoms with van der Waals surface area (Å²) >= 11 is 0. The second-order valence-electron chi connectivity index (χ2n) is 4.89. The maximum absolute atomic E-state index is 13.0. The molecule has 7 heteroatoms. The van der Waals surface area contributed by atoms with Gasteiger partial charge in [0.15, 0.2) is 0 Å². The fourth-order valence-corrected chi connectivity index (χ4v) is 2.18. The first-order chi connectivity index (χ1) is 11.0. The Morgan fingerprint density at radius 3 is 2.52 bits per heavy atom. The van der Waals surface area contributed by atoms with E-state index in [4.69, 9.17) is 5.11 Å². The van der Waals surface area contributed by atoms with Crippen molar-refractivity contribution < 1.29 is 18.3 Å². The molecule has 0 unspecified atom stereocenters. The van der Waals surface area contributed by atoms with Gasteiger partial charge in [0.1, 0.15) is 5.82 Å². The molecule has 0 aliphatic carbocycles. The number of aliphatic hydroxyl groups excluding tert-OH is 1. The summed E-state index contributed by atoms with van der Waals surface area (Å²) in [6.07, 6.45) is -4.63. The first-order valence-corrected chi connectivity index (χ1v) is 6.78. The third-order valence-electron chi connectivity index (χ3n) is 3.23. The maximum atomic E-state index is 13.0. The van der Waals surface area contributed by atoms with E-state index in [9.17, 15) is 13.2 Å². The Bertz CT molecular complexity index is 849. The van der Waals surface area contributed by atoms with Gasteiger partial charge in [-0.05, 0) is 29.8 Å². The maximum Gasteiger partial charge on any atom is 0.451 e. The molecule has 0 spiro atoms. The summed E-state index contributed by atoms with van der Waals surface area (Å²) in [6, 6.07) is 13.2. The van der Waals surface area contributed by atoms with Gasteiger partial charge >= 0.3 is 6.18 Å². The summed E-state index contributed by atoms with van der Waals surface area (Å²) in [4.78, 5) is 7.18. The van der Waals surface area contributed by atoms with E-state index >= 15 is 0 Å². The molecular formula is C16H12F3N3O. The van der Waals surface area contributed by atoms with Crippen molar-refractivity contribution in [2.75, 3.05) is 5.32 Å². The van der Waals surface area contributed by atoms with Crippen LogP contribution in [0.25, 0.3) is 10.9 Å². The molecule has 3 aromatic rings. The fraction of sp³-hybridized carbons (Fsp3) is 0.125. The van der Waals surface area contributed by atoms with E-state index in [-0.39, 0.29) is 17.9 Å². The second-order valence-corrected chi connectivity index (χ2v) is 4.89. The van der Waals surface area contributed by atoms with E-state index in [1.807, 2.05) is 0 Å². The minimum atomic E-state index is -4.63. The van der Waals surface area contributed by atoms with Crippen LogP contribution >= 0.6 is 0 Å². The molecule has 1 aromatic heterocycles. The number of benzene rings is 2. The Labute approximate surface area is 129 Å². The average Bonchev–Trinajstić information content (AvgIpc) is 2.54. The van der Waals surface area contributed by atoms with E-state index in [0.29, 0.717) is 16.6 Å². The predicted molar refractivity (Wildman–Crippen MR) is 80.2 cm³/mol. The number of hydrogen-bond acceptors (Lipinski definition) is 4. The molecule has 0 fully saturated rings. The van der Waals surface area contributed by atoms with Gasteiger partial charge in [-0.2, -0.15) is 13.2 Å². The van der Waals surface area contributed by atoms with Crippen molar-refractivity contribution in [1.29, 1.82) is 0 Å². The molecule has 23 heavy (non-hydrogen) atoms. The number of para-hydroxylation sites is 1. The Hall–Kier alpha value is -2.67. The van der Waals surface area contributed by atoms with E-state index in [0.717, 1.165) is 0 Å². The molecule has 0 atom stereocenters. The molecule has 4 nitrogen and oxygen atoms in total. The molecule has 0 saturated heterocycles. The van der Waals surface area contributed by atoms with Gasteiger partial charge < -0.3 is 10.4 Å². The summed E-state index contributed by atoms with van der Waals surface area (Å²) in [7, 11) is 0. The molecule has 0 radical (unpaired) electrons. The van der Waals surface area contributed by atoms with Crippen LogP contribution in [-0.4, -0.2) is 15.1 Å². The van der Waals surface area contributed by atoms with E-state index in [1.54, 1.807) is 42.5 Å². The summed E-state index contributed by atoms with van der Waals surface area (Å²) in [5.74, 6) is -1.13. The summed E-state index contributed by atoms with van der Waals surface area (Å²) in [5, 5.41) is 12.5. The van der Waals surface area contributed by atoms with E-state index < -0.39 is 12.0 Å². The van der Waals surface area contributed by atoms with Gasteiger partial charge in [-0.3, -0.25) is 0 Å². The standard InChI is InChI=1S/C16H12F3N3O/c17-16(18,19)15-21-13-7-2-1-6-12(13)14(22-15)20-11-5-3-4-10(8-11)9-23/h1-8,23H,9H2,(H,20,21,22). The van der Waals surface area contributed by atoms with Crippen molar-refractivity contribution in [2.24, 2.45) is 0 Å². The lowest BCUT2D eigenvalue weighted by atomic mass is 10.2. The third kappa shape index (κ3) is 3.24. The monoisotopic (exact) mass is 319 g/mol. The lowest BCUT2D eigenvalue weighted by molar-refractivity contribution is -0.144. The predicted octanol–water partition coefficient (Wildman–Crippen LogP) is 3.88. The van der Waals surface area contributed by atoms with Crippen LogP contribution in [0.4, 0.5) is 24.7 Å². The van der Waals surface area contributed by atoms with Crippen molar-refractivity contribution in [3.8, 4) is 0 Å². The number of aromatic nitrogens is 2. The fourth-order valence-electron chi connectivity index (χ4n) is 2.18. The molecule has 0 bridgehead atoms. The number of nitrogens with one attached hydrogen (secondary N) is 1. The van der Waals surface area contributed by atoms with Gasteiger partial charge in [0.2, 0.25) is 5.82 Å². The molecule has 0 aliphatic rings. The molecule has 0 aliphatic heterocycles. The van der Waals surface area contributed by atoms with E-state index in [2.05, 4.69) is 15.3 Å². The minimum absolute atomic E-state index is 0.0676. The highest BCUT2D eigenvalue weighted by molar-refractivity contribution is 5.90. The average molecular weight is 319 g/mol. The molecule has 0 amide bonds. The van der Waals surface area contributed by atoms with Crippen LogP contribution in [0.3, 0.4) is 0 Å². The molecular weight excluding hydrogens is 307 g/mol. The van der Waals surface area contributed by atoms with Crippen molar-refractivity contribution in [1.82, 2.24) is 9.97 Å². The SMILES string of the molecule is OCc1cccc(Nc2nc(C(F)(F)F)nc3ccccc23)c1. The Balaban J connectivity index is 2.11. The minimum Gasteiger partial charge on any atom is -0.392 e. The number of nitrogens with zero attached hydrogens (tertiary/aromatic N) is 2. The Kier molecular flexibility index (Phi) is 3.87. The largest absolute Gasteiger partial charge is 0.451 e. The molecule has 2 N–H and O–H groups in total. The topological polar surface area (TPSA) is 58.0 Å². The quantitative estimate of drug-likeness (QED) is 0.769. The van der Waals surface area contributed by atoms with Gasteiger partial charge in [0, 0.05) is 11.1 Å². The van der Waals surface area contributed by atoms with Gasteiger partial charge in [-0.1, -0.05) is 24.3 Å². The van der Waals surface area contributed by atoms with Crippen molar-refractivity contribution in [3.05, 3.63) is 59.9 Å². The van der Waals surface area contributed by atoms with Gasteiger partial charge in [-0.25, -0.2) is 9.97 Å².